The summed E-state index contributed by atoms with van der Waals surface area (Å²) in [5.74, 6) is 1.83. The number of rotatable bonds is 1. The van der Waals surface area contributed by atoms with Crippen LogP contribution in [0.15, 0.2) is 0 Å². The highest BCUT2D eigenvalue weighted by atomic mass is 35.5. The first-order chi connectivity index (χ1) is 6.61. The Kier molecular flexibility index (Phi) is 2.51. The first-order valence-electron chi connectivity index (χ1n) is 5.66. The predicted octanol–water partition coefficient (Wildman–Crippen LogP) is 1.05. The lowest BCUT2D eigenvalue weighted by Gasteiger charge is -2.58. The maximum atomic E-state index is 11.5. The molecule has 4 aliphatic carbocycles. The molecule has 0 saturated heterocycles. The number of amides is 1. The topological polar surface area (TPSA) is 69.1 Å². The van der Waals surface area contributed by atoms with Crippen LogP contribution in [-0.2, 0) is 4.79 Å². The number of primary amides is 1. The third kappa shape index (κ3) is 1.40. The molecule has 0 aromatic carbocycles. The number of hydrogen-bond donors (Lipinski definition) is 2. The van der Waals surface area contributed by atoms with Gasteiger partial charge in [0.25, 0.3) is 0 Å². The summed E-state index contributed by atoms with van der Waals surface area (Å²) in [7, 11) is 0. The van der Waals surface area contributed by atoms with Gasteiger partial charge in [0, 0.05) is 11.5 Å². The van der Waals surface area contributed by atoms with Crippen LogP contribution in [0.3, 0.4) is 0 Å². The van der Waals surface area contributed by atoms with Crippen LogP contribution in [0, 0.1) is 23.2 Å². The predicted molar refractivity (Wildman–Crippen MR) is 60.4 cm³/mol. The van der Waals surface area contributed by atoms with E-state index in [9.17, 15) is 4.79 Å². The molecule has 4 N–H and O–H groups in total. The average molecular weight is 231 g/mol. The van der Waals surface area contributed by atoms with Gasteiger partial charge >= 0.3 is 0 Å². The van der Waals surface area contributed by atoms with Crippen molar-refractivity contribution in [3.8, 4) is 0 Å². The molecular formula is C11H19ClN2O. The highest BCUT2D eigenvalue weighted by Crippen LogP contribution is 2.59. The van der Waals surface area contributed by atoms with E-state index in [2.05, 4.69) is 0 Å². The molecule has 2 atom stereocenters. The maximum absolute atomic E-state index is 11.5. The third-order valence-electron chi connectivity index (χ3n) is 4.87. The molecular weight excluding hydrogens is 212 g/mol. The van der Waals surface area contributed by atoms with E-state index in [1.807, 2.05) is 0 Å². The second-order valence-corrected chi connectivity index (χ2v) is 5.69. The Labute approximate surface area is 96.4 Å². The summed E-state index contributed by atoms with van der Waals surface area (Å²) >= 11 is 0. The first-order valence-corrected chi connectivity index (χ1v) is 5.66. The highest BCUT2D eigenvalue weighted by molar-refractivity contribution is 5.85. The van der Waals surface area contributed by atoms with E-state index in [0.717, 1.165) is 25.2 Å². The maximum Gasteiger partial charge on any atom is 0.223 e. The molecule has 0 spiro atoms. The zero-order valence-electron chi connectivity index (χ0n) is 8.82. The molecule has 0 aliphatic heterocycles. The van der Waals surface area contributed by atoms with Gasteiger partial charge in [-0.3, -0.25) is 4.79 Å². The Balaban J connectivity index is 0.000000853. The summed E-state index contributed by atoms with van der Waals surface area (Å²) in [6, 6.07) is 0.346. The van der Waals surface area contributed by atoms with Crippen LogP contribution in [0.5, 0.6) is 0 Å². The molecule has 4 aliphatic rings. The van der Waals surface area contributed by atoms with Gasteiger partial charge in [0.1, 0.15) is 0 Å². The molecule has 2 unspecified atom stereocenters. The lowest BCUT2D eigenvalue weighted by Crippen LogP contribution is -2.60. The molecule has 0 radical (unpaired) electrons. The summed E-state index contributed by atoms with van der Waals surface area (Å²) in [6.07, 6.45) is 5.47. The lowest BCUT2D eigenvalue weighted by atomic mass is 9.48. The molecule has 15 heavy (non-hydrogen) atoms. The largest absolute Gasteiger partial charge is 0.369 e. The van der Waals surface area contributed by atoms with Gasteiger partial charge in [0.05, 0.1) is 0 Å². The van der Waals surface area contributed by atoms with Gasteiger partial charge in [-0.25, -0.2) is 0 Å². The van der Waals surface area contributed by atoms with Crippen molar-refractivity contribution in [3.05, 3.63) is 0 Å². The Hall–Kier alpha value is -0.280. The molecule has 4 heteroatoms. The Bertz CT molecular complexity index is 278. The van der Waals surface area contributed by atoms with Gasteiger partial charge in [-0.05, 0) is 49.9 Å². The fourth-order valence-corrected chi connectivity index (χ4v) is 4.37. The molecule has 1 amide bonds. The zero-order valence-corrected chi connectivity index (χ0v) is 9.63. The van der Waals surface area contributed by atoms with Crippen LogP contribution in [-0.4, -0.2) is 11.9 Å². The monoisotopic (exact) mass is 230 g/mol. The highest BCUT2D eigenvalue weighted by Gasteiger charge is 2.56. The molecule has 4 fully saturated rings. The van der Waals surface area contributed by atoms with Gasteiger partial charge in [0.2, 0.25) is 5.91 Å². The van der Waals surface area contributed by atoms with E-state index in [0.29, 0.717) is 17.9 Å². The van der Waals surface area contributed by atoms with E-state index >= 15 is 0 Å². The van der Waals surface area contributed by atoms with E-state index in [-0.39, 0.29) is 23.7 Å². The normalized spacial score (nSPS) is 51.3. The molecule has 0 aromatic heterocycles. The molecule has 0 aromatic rings. The second kappa shape index (κ2) is 3.36. The van der Waals surface area contributed by atoms with E-state index < -0.39 is 0 Å². The van der Waals surface area contributed by atoms with Gasteiger partial charge < -0.3 is 11.5 Å². The smallest absolute Gasteiger partial charge is 0.223 e. The van der Waals surface area contributed by atoms with Gasteiger partial charge in [0.15, 0.2) is 0 Å². The van der Waals surface area contributed by atoms with Gasteiger partial charge in [-0.15, -0.1) is 12.4 Å². The van der Waals surface area contributed by atoms with Crippen molar-refractivity contribution in [2.24, 2.45) is 34.6 Å². The number of carbonyl (C=O) groups excluding carboxylic acids is 1. The van der Waals surface area contributed by atoms with Gasteiger partial charge in [-0.2, -0.15) is 0 Å². The van der Waals surface area contributed by atoms with Crippen LogP contribution in [0.2, 0.25) is 0 Å². The summed E-state index contributed by atoms with van der Waals surface area (Å²) in [6.45, 7) is 0. The van der Waals surface area contributed by atoms with Crippen LogP contribution < -0.4 is 11.5 Å². The fourth-order valence-electron chi connectivity index (χ4n) is 4.37. The summed E-state index contributed by atoms with van der Waals surface area (Å²) in [4.78, 5) is 11.5. The third-order valence-corrected chi connectivity index (χ3v) is 4.87. The van der Waals surface area contributed by atoms with E-state index in [1.165, 1.54) is 12.8 Å². The van der Waals surface area contributed by atoms with Crippen LogP contribution in [0.25, 0.3) is 0 Å². The minimum absolute atomic E-state index is 0. The van der Waals surface area contributed by atoms with Crippen molar-refractivity contribution in [1.29, 1.82) is 0 Å². The molecule has 4 bridgehead atoms. The minimum atomic E-state index is -0.160. The van der Waals surface area contributed by atoms with Crippen molar-refractivity contribution < 1.29 is 4.79 Å². The first kappa shape index (κ1) is 11.2. The SMILES string of the molecule is Cl.NC(=O)C12CC3CC(C1)C(N)C(C3)C2. The summed E-state index contributed by atoms with van der Waals surface area (Å²) < 4.78 is 0. The molecule has 3 nitrogen and oxygen atoms in total. The van der Waals surface area contributed by atoms with Gasteiger partial charge in [-0.1, -0.05) is 0 Å². The molecule has 0 heterocycles. The van der Waals surface area contributed by atoms with Crippen LogP contribution in [0.4, 0.5) is 0 Å². The Morgan fingerprint density at radius 2 is 1.67 bits per heavy atom. The standard InChI is InChI=1S/C11H18N2O.ClH/c12-9-7-1-6-2-8(9)5-11(3-6,4-7)10(13)14;/h6-9H,1-5,12H2,(H2,13,14);1H. The van der Waals surface area contributed by atoms with Crippen LogP contribution >= 0.6 is 12.4 Å². The zero-order chi connectivity index (χ0) is 9.92. The van der Waals surface area contributed by atoms with Crippen LogP contribution in [0.1, 0.15) is 32.1 Å². The lowest BCUT2D eigenvalue weighted by molar-refractivity contribution is -0.144. The quantitative estimate of drug-likeness (QED) is 0.707. The number of halogens is 1. The van der Waals surface area contributed by atoms with Crippen molar-refractivity contribution in [1.82, 2.24) is 0 Å². The van der Waals surface area contributed by atoms with Crippen molar-refractivity contribution in [2.75, 3.05) is 0 Å². The summed E-state index contributed by atoms with van der Waals surface area (Å²) in [5, 5.41) is 0. The van der Waals surface area contributed by atoms with Crippen molar-refractivity contribution >= 4 is 18.3 Å². The summed E-state index contributed by atoms with van der Waals surface area (Å²) in [5.41, 5.74) is 11.6. The Morgan fingerprint density at radius 3 is 2.13 bits per heavy atom. The number of carbonyl (C=O) groups is 1. The second-order valence-electron chi connectivity index (χ2n) is 5.69. The van der Waals surface area contributed by atoms with Crippen molar-refractivity contribution in [2.45, 2.75) is 38.1 Å². The van der Waals surface area contributed by atoms with E-state index in [4.69, 9.17) is 11.5 Å². The Morgan fingerprint density at radius 1 is 1.13 bits per heavy atom. The van der Waals surface area contributed by atoms with Crippen molar-refractivity contribution in [3.63, 3.8) is 0 Å². The fraction of sp³-hybridized carbons (Fsp3) is 0.909. The van der Waals surface area contributed by atoms with E-state index in [1.54, 1.807) is 0 Å². The number of hydrogen-bond acceptors (Lipinski definition) is 2. The molecule has 86 valence electrons. The minimum Gasteiger partial charge on any atom is -0.369 e. The average Bonchev–Trinajstić information content (AvgIpc) is 2.12. The number of nitrogens with two attached hydrogens (primary N) is 2. The molecule has 4 saturated carbocycles. The molecule has 4 rings (SSSR count).